The van der Waals surface area contributed by atoms with E-state index in [1.165, 1.54) is 199 Å². The molecular weight excluding hydrogens is 793 g/mol. The summed E-state index contributed by atoms with van der Waals surface area (Å²) in [6, 6.07) is 0. The molecule has 6 nitrogen and oxygen atoms in total. The Morgan fingerprint density at radius 1 is 0.312 bits per heavy atom. The van der Waals surface area contributed by atoms with Crippen LogP contribution >= 0.6 is 0 Å². The van der Waals surface area contributed by atoms with Crippen LogP contribution < -0.4 is 0 Å². The number of unbranched alkanes of at least 4 members (excludes halogenated alkanes) is 32. The van der Waals surface area contributed by atoms with Crippen molar-refractivity contribution in [3.8, 4) is 0 Å². The lowest BCUT2D eigenvalue weighted by Crippen LogP contribution is -2.30. The molecule has 64 heavy (non-hydrogen) atoms. The zero-order valence-electron chi connectivity index (χ0n) is 44.1. The van der Waals surface area contributed by atoms with Gasteiger partial charge in [-0.15, -0.1) is 0 Å². The van der Waals surface area contributed by atoms with Gasteiger partial charge >= 0.3 is 17.9 Å². The van der Waals surface area contributed by atoms with Crippen molar-refractivity contribution in [2.45, 2.75) is 324 Å². The average Bonchev–Trinajstić information content (AvgIpc) is 3.28. The van der Waals surface area contributed by atoms with E-state index in [-0.39, 0.29) is 31.1 Å². The van der Waals surface area contributed by atoms with E-state index in [9.17, 15) is 14.4 Å². The van der Waals surface area contributed by atoms with Crippen LogP contribution in [0.2, 0.25) is 0 Å². The van der Waals surface area contributed by atoms with Crippen LogP contribution in [0.3, 0.4) is 0 Å². The minimum atomic E-state index is -0.764. The van der Waals surface area contributed by atoms with Gasteiger partial charge in [0.2, 0.25) is 0 Å². The Kier molecular flexibility index (Phi) is 48.1. The SMILES string of the molecule is CCC(C)CCCCCCCCCCCCCCCCC(=O)OC[C@@H](COC(=O)CCCCCCCCCCCCCCCC(C)C)OC(=O)CCCCCCCCCCC(C)CC. The van der Waals surface area contributed by atoms with Gasteiger partial charge in [0.1, 0.15) is 13.2 Å². The number of ether oxygens (including phenoxy) is 3. The quantitative estimate of drug-likeness (QED) is 0.0344. The maximum atomic E-state index is 12.8. The molecule has 0 spiro atoms. The summed E-state index contributed by atoms with van der Waals surface area (Å²) < 4.78 is 16.9. The Morgan fingerprint density at radius 3 is 0.812 bits per heavy atom. The molecule has 0 aromatic heterocycles. The molecule has 0 fully saturated rings. The lowest BCUT2D eigenvalue weighted by Gasteiger charge is -2.18. The van der Waals surface area contributed by atoms with Crippen LogP contribution in [-0.4, -0.2) is 37.2 Å². The van der Waals surface area contributed by atoms with Crippen molar-refractivity contribution in [3.05, 3.63) is 0 Å². The van der Waals surface area contributed by atoms with Gasteiger partial charge in [0.25, 0.3) is 0 Å². The van der Waals surface area contributed by atoms with Crippen LogP contribution in [0.25, 0.3) is 0 Å². The summed E-state index contributed by atoms with van der Waals surface area (Å²) in [7, 11) is 0. The standard InChI is InChI=1S/C58H112O6/c1-7-53(5)45-39-33-27-21-17-13-9-10-14-18-22-29-35-41-47-56(59)62-50-55(64-58(61)49-43-37-31-25-24-28-34-40-46-54(6)8-2)51-63-57(60)48-42-36-30-23-19-15-11-12-16-20-26-32-38-44-52(3)4/h52-55H,7-51H2,1-6H3/t53?,54?,55-/m0/s1. The van der Waals surface area contributed by atoms with Crippen molar-refractivity contribution in [1.82, 2.24) is 0 Å². The Labute approximate surface area is 399 Å². The normalized spacial score (nSPS) is 13.0. The lowest BCUT2D eigenvalue weighted by molar-refractivity contribution is -0.167. The van der Waals surface area contributed by atoms with E-state index < -0.39 is 6.10 Å². The molecule has 0 N–H and O–H groups in total. The first-order chi connectivity index (χ1) is 31.2. The first-order valence-electron chi connectivity index (χ1n) is 28.7. The second-order valence-electron chi connectivity index (χ2n) is 20.9. The minimum Gasteiger partial charge on any atom is -0.462 e. The molecule has 0 saturated carbocycles. The first-order valence-corrected chi connectivity index (χ1v) is 28.7. The topological polar surface area (TPSA) is 78.9 Å². The number of hydrogen-bond acceptors (Lipinski definition) is 6. The highest BCUT2D eigenvalue weighted by Gasteiger charge is 2.19. The summed E-state index contributed by atoms with van der Waals surface area (Å²) >= 11 is 0. The number of carbonyl (C=O) groups is 3. The Morgan fingerprint density at radius 2 is 0.547 bits per heavy atom. The molecule has 0 aromatic carbocycles. The average molecular weight is 906 g/mol. The van der Waals surface area contributed by atoms with Crippen molar-refractivity contribution in [1.29, 1.82) is 0 Å². The third-order valence-electron chi connectivity index (χ3n) is 13.9. The van der Waals surface area contributed by atoms with Crippen LogP contribution in [0.5, 0.6) is 0 Å². The van der Waals surface area contributed by atoms with Gasteiger partial charge in [-0.25, -0.2) is 0 Å². The van der Waals surface area contributed by atoms with Crippen LogP contribution in [0.1, 0.15) is 318 Å². The van der Waals surface area contributed by atoms with E-state index in [2.05, 4.69) is 41.5 Å². The number of esters is 3. The minimum absolute atomic E-state index is 0.0641. The fourth-order valence-electron chi connectivity index (χ4n) is 8.76. The van der Waals surface area contributed by atoms with Gasteiger partial charge in [-0.1, -0.05) is 279 Å². The van der Waals surface area contributed by atoms with E-state index in [0.717, 1.165) is 75.5 Å². The lowest BCUT2D eigenvalue weighted by atomic mass is 9.99. The first kappa shape index (κ1) is 62.4. The molecule has 2 unspecified atom stereocenters. The van der Waals surface area contributed by atoms with Gasteiger partial charge in [-0.3, -0.25) is 14.4 Å². The van der Waals surface area contributed by atoms with E-state index in [1.807, 2.05) is 0 Å². The summed E-state index contributed by atoms with van der Waals surface area (Å²) in [6.07, 6.45) is 50.8. The van der Waals surface area contributed by atoms with Crippen LogP contribution in [-0.2, 0) is 28.6 Å². The highest BCUT2D eigenvalue weighted by molar-refractivity contribution is 5.71. The van der Waals surface area contributed by atoms with Crippen LogP contribution in [0.15, 0.2) is 0 Å². The van der Waals surface area contributed by atoms with Crippen molar-refractivity contribution in [3.63, 3.8) is 0 Å². The molecule has 0 heterocycles. The molecule has 0 bridgehead atoms. The Balaban J connectivity index is 4.28. The van der Waals surface area contributed by atoms with Crippen LogP contribution in [0, 0.1) is 17.8 Å². The van der Waals surface area contributed by atoms with Gasteiger partial charge in [-0.05, 0) is 37.0 Å². The summed E-state index contributed by atoms with van der Waals surface area (Å²) in [6.45, 7) is 13.8. The zero-order chi connectivity index (χ0) is 47.0. The molecule has 3 atom stereocenters. The summed E-state index contributed by atoms with van der Waals surface area (Å²) in [4.78, 5) is 38.1. The summed E-state index contributed by atoms with van der Waals surface area (Å²) in [5.41, 5.74) is 0. The third-order valence-corrected chi connectivity index (χ3v) is 13.9. The second-order valence-corrected chi connectivity index (χ2v) is 20.9. The predicted octanol–water partition coefficient (Wildman–Crippen LogP) is 18.7. The van der Waals surface area contributed by atoms with Gasteiger partial charge < -0.3 is 14.2 Å². The fourth-order valence-corrected chi connectivity index (χ4v) is 8.76. The predicted molar refractivity (Wildman–Crippen MR) is 275 cm³/mol. The van der Waals surface area contributed by atoms with Crippen molar-refractivity contribution >= 4 is 17.9 Å². The molecule has 0 radical (unpaired) electrons. The van der Waals surface area contributed by atoms with Gasteiger partial charge in [0.15, 0.2) is 6.10 Å². The van der Waals surface area contributed by atoms with Gasteiger partial charge in [0.05, 0.1) is 0 Å². The maximum absolute atomic E-state index is 12.8. The highest BCUT2D eigenvalue weighted by Crippen LogP contribution is 2.19. The number of hydrogen-bond donors (Lipinski definition) is 0. The van der Waals surface area contributed by atoms with Crippen molar-refractivity contribution in [2.24, 2.45) is 17.8 Å². The van der Waals surface area contributed by atoms with E-state index in [0.29, 0.717) is 19.3 Å². The molecule has 0 aromatic rings. The fraction of sp³-hybridized carbons (Fsp3) is 0.948. The van der Waals surface area contributed by atoms with Crippen molar-refractivity contribution < 1.29 is 28.6 Å². The van der Waals surface area contributed by atoms with Gasteiger partial charge in [0, 0.05) is 19.3 Å². The van der Waals surface area contributed by atoms with E-state index in [1.54, 1.807) is 0 Å². The molecule has 0 amide bonds. The largest absolute Gasteiger partial charge is 0.462 e. The van der Waals surface area contributed by atoms with E-state index >= 15 is 0 Å². The van der Waals surface area contributed by atoms with Gasteiger partial charge in [-0.2, -0.15) is 0 Å². The second kappa shape index (κ2) is 49.3. The van der Waals surface area contributed by atoms with E-state index in [4.69, 9.17) is 14.2 Å². The zero-order valence-corrected chi connectivity index (χ0v) is 44.1. The molecule has 0 rings (SSSR count). The smallest absolute Gasteiger partial charge is 0.306 e. The Hall–Kier alpha value is -1.59. The molecular formula is C58H112O6. The molecule has 0 aliphatic heterocycles. The molecule has 6 heteroatoms. The monoisotopic (exact) mass is 905 g/mol. The summed E-state index contributed by atoms with van der Waals surface area (Å²) in [5.74, 6) is 1.73. The molecule has 380 valence electrons. The molecule has 0 aliphatic rings. The molecule has 0 aliphatic carbocycles. The highest BCUT2D eigenvalue weighted by atomic mass is 16.6. The van der Waals surface area contributed by atoms with Crippen LogP contribution in [0.4, 0.5) is 0 Å². The molecule has 0 saturated heterocycles. The third kappa shape index (κ3) is 48.3. The number of rotatable bonds is 51. The summed E-state index contributed by atoms with van der Waals surface area (Å²) in [5, 5.41) is 0. The Bertz CT molecular complexity index is 995. The number of carbonyl (C=O) groups excluding carboxylic acids is 3. The van der Waals surface area contributed by atoms with Crippen molar-refractivity contribution in [2.75, 3.05) is 13.2 Å². The maximum Gasteiger partial charge on any atom is 0.306 e.